The van der Waals surface area contributed by atoms with Crippen LogP contribution in [0.3, 0.4) is 0 Å². The summed E-state index contributed by atoms with van der Waals surface area (Å²) in [6.07, 6.45) is 1.06. The number of hydrogen-bond donors (Lipinski definition) is 1. The number of rotatable bonds is 6. The first-order valence-corrected chi connectivity index (χ1v) is 12.4. The minimum atomic E-state index is -3.91. The van der Waals surface area contributed by atoms with Crippen LogP contribution in [-0.2, 0) is 31.6 Å². The number of benzene rings is 2. The Morgan fingerprint density at radius 3 is 2.70 bits per heavy atom. The molecule has 2 aliphatic heterocycles. The first kappa shape index (κ1) is 23.3. The van der Waals surface area contributed by atoms with Gasteiger partial charge in [0.1, 0.15) is 11.8 Å². The molecular formula is C24H29N3O5S. The molecule has 2 heterocycles. The van der Waals surface area contributed by atoms with Crippen LogP contribution >= 0.6 is 0 Å². The summed E-state index contributed by atoms with van der Waals surface area (Å²) in [6.45, 7) is 4.14. The van der Waals surface area contributed by atoms with Gasteiger partial charge in [-0.25, -0.2) is 8.42 Å². The Kier molecular flexibility index (Phi) is 5.96. The lowest BCUT2D eigenvalue weighted by molar-refractivity contribution is -0.124. The number of nitrogens with zero attached hydrogens (tertiary/aromatic N) is 2. The third kappa shape index (κ3) is 4.00. The molecule has 9 heteroatoms. The van der Waals surface area contributed by atoms with Crippen molar-refractivity contribution in [1.29, 1.82) is 0 Å². The minimum absolute atomic E-state index is 0.0805. The van der Waals surface area contributed by atoms with Crippen molar-refractivity contribution in [1.82, 2.24) is 9.62 Å². The molecule has 2 aromatic carbocycles. The van der Waals surface area contributed by atoms with E-state index in [1.54, 1.807) is 45.0 Å². The Balaban J connectivity index is 1.55. The molecule has 0 spiro atoms. The Bertz CT molecular complexity index is 1210. The van der Waals surface area contributed by atoms with Gasteiger partial charge in [-0.15, -0.1) is 0 Å². The topological polar surface area (TPSA) is 96.0 Å². The molecule has 0 radical (unpaired) electrons. The van der Waals surface area contributed by atoms with Crippen LogP contribution in [0.2, 0.25) is 0 Å². The van der Waals surface area contributed by atoms with E-state index >= 15 is 0 Å². The molecule has 1 N–H and O–H groups in total. The Hall–Kier alpha value is -2.91. The van der Waals surface area contributed by atoms with Crippen LogP contribution in [-0.4, -0.2) is 51.3 Å². The van der Waals surface area contributed by atoms with Gasteiger partial charge >= 0.3 is 0 Å². The fourth-order valence-corrected chi connectivity index (χ4v) is 6.31. The molecule has 8 nitrogen and oxygen atoms in total. The van der Waals surface area contributed by atoms with E-state index in [4.69, 9.17) is 4.74 Å². The van der Waals surface area contributed by atoms with Crippen LogP contribution in [0, 0.1) is 0 Å². The standard InChI is InChI=1S/C24H29N3O5S/c1-24(2)19-14-18(10-11-20(19)26(3)23(24)29)33(30,31)27-12-6-9-21(27)22(28)25-15-16-7-5-8-17(13-16)32-4/h5,7-8,10-11,13-14,21H,6,9,12,15H2,1-4H3,(H,25,28)/t21-/m0/s1. The van der Waals surface area contributed by atoms with Crippen LogP contribution in [0.15, 0.2) is 47.4 Å². The number of amides is 2. The van der Waals surface area contributed by atoms with Crippen LogP contribution in [0.4, 0.5) is 5.69 Å². The van der Waals surface area contributed by atoms with E-state index in [0.717, 1.165) is 5.56 Å². The summed E-state index contributed by atoms with van der Waals surface area (Å²) >= 11 is 0. The van der Waals surface area contributed by atoms with Gasteiger partial charge in [0.15, 0.2) is 0 Å². The van der Waals surface area contributed by atoms with Gasteiger partial charge < -0.3 is 15.0 Å². The van der Waals surface area contributed by atoms with Crippen LogP contribution < -0.4 is 15.0 Å². The summed E-state index contributed by atoms with van der Waals surface area (Å²) in [5, 5.41) is 2.86. The number of fused-ring (bicyclic) bond motifs is 1. The summed E-state index contributed by atoms with van der Waals surface area (Å²) in [7, 11) is -0.646. The smallest absolute Gasteiger partial charge is 0.243 e. The van der Waals surface area contributed by atoms with Gasteiger partial charge in [-0.2, -0.15) is 4.31 Å². The molecule has 1 atom stereocenters. The zero-order chi connectivity index (χ0) is 24.0. The maximum absolute atomic E-state index is 13.5. The van der Waals surface area contributed by atoms with Crippen molar-refractivity contribution in [3.8, 4) is 5.75 Å². The van der Waals surface area contributed by atoms with E-state index in [1.165, 1.54) is 10.4 Å². The molecule has 0 aliphatic carbocycles. The highest BCUT2D eigenvalue weighted by Crippen LogP contribution is 2.42. The maximum Gasteiger partial charge on any atom is 0.243 e. The molecule has 0 unspecified atom stereocenters. The lowest BCUT2D eigenvalue weighted by atomic mass is 9.86. The summed E-state index contributed by atoms with van der Waals surface area (Å²) in [5.74, 6) is 0.286. The monoisotopic (exact) mass is 471 g/mol. The van der Waals surface area contributed by atoms with Crippen LogP contribution in [0.5, 0.6) is 5.75 Å². The van der Waals surface area contributed by atoms with E-state index in [9.17, 15) is 18.0 Å². The largest absolute Gasteiger partial charge is 0.497 e. The number of methoxy groups -OCH3 is 1. The second kappa shape index (κ2) is 8.46. The molecule has 4 rings (SSSR count). The summed E-state index contributed by atoms with van der Waals surface area (Å²) in [4.78, 5) is 27.2. The van der Waals surface area contributed by atoms with Crippen molar-refractivity contribution < 1.29 is 22.7 Å². The maximum atomic E-state index is 13.5. The summed E-state index contributed by atoms with van der Waals surface area (Å²) < 4.78 is 33.5. The predicted octanol–water partition coefficient (Wildman–Crippen LogP) is 2.42. The molecule has 2 aliphatic rings. The zero-order valence-corrected chi connectivity index (χ0v) is 20.1. The van der Waals surface area contributed by atoms with E-state index in [-0.39, 0.29) is 29.8 Å². The molecule has 33 heavy (non-hydrogen) atoms. The van der Waals surface area contributed by atoms with E-state index in [1.807, 2.05) is 24.3 Å². The van der Waals surface area contributed by atoms with Gasteiger partial charge in [0, 0.05) is 25.8 Å². The molecule has 1 fully saturated rings. The first-order chi connectivity index (χ1) is 15.6. The number of carbonyl (C=O) groups is 2. The number of sulfonamides is 1. The van der Waals surface area contributed by atoms with Gasteiger partial charge in [0.05, 0.1) is 17.4 Å². The first-order valence-electron chi connectivity index (χ1n) is 10.9. The fraction of sp³-hybridized carbons (Fsp3) is 0.417. The number of ether oxygens (including phenoxy) is 1. The number of hydrogen-bond acceptors (Lipinski definition) is 5. The van der Waals surface area contributed by atoms with E-state index < -0.39 is 21.5 Å². The van der Waals surface area contributed by atoms with Crippen molar-refractivity contribution >= 4 is 27.5 Å². The van der Waals surface area contributed by atoms with Gasteiger partial charge in [-0.3, -0.25) is 9.59 Å². The van der Waals surface area contributed by atoms with Crippen molar-refractivity contribution in [3.63, 3.8) is 0 Å². The number of carbonyl (C=O) groups excluding carboxylic acids is 2. The average Bonchev–Trinajstić information content (AvgIpc) is 3.37. The molecule has 2 aromatic rings. The van der Waals surface area contributed by atoms with Gasteiger partial charge in [0.2, 0.25) is 21.8 Å². The molecule has 0 bridgehead atoms. The molecule has 0 saturated carbocycles. The fourth-order valence-electron chi connectivity index (χ4n) is 4.63. The molecule has 176 valence electrons. The molecule has 1 saturated heterocycles. The van der Waals surface area contributed by atoms with Crippen molar-refractivity contribution in [2.24, 2.45) is 0 Å². The van der Waals surface area contributed by atoms with E-state index in [0.29, 0.717) is 29.8 Å². The van der Waals surface area contributed by atoms with Gasteiger partial charge in [-0.1, -0.05) is 12.1 Å². The lowest BCUT2D eigenvalue weighted by Crippen LogP contribution is -2.45. The zero-order valence-electron chi connectivity index (χ0n) is 19.3. The molecule has 2 amide bonds. The van der Waals surface area contributed by atoms with Crippen molar-refractivity contribution in [2.75, 3.05) is 25.6 Å². The predicted molar refractivity (Wildman–Crippen MR) is 125 cm³/mol. The number of likely N-dealkylation sites (N-methyl/N-ethyl adjacent to an activating group) is 1. The van der Waals surface area contributed by atoms with Crippen molar-refractivity contribution in [2.45, 2.75) is 49.6 Å². The lowest BCUT2D eigenvalue weighted by Gasteiger charge is -2.24. The SMILES string of the molecule is COc1cccc(CNC(=O)[C@@H]2CCCN2S(=O)(=O)c2ccc3c(c2)C(C)(C)C(=O)N3C)c1. The highest BCUT2D eigenvalue weighted by molar-refractivity contribution is 7.89. The third-order valence-corrected chi connectivity index (χ3v) is 8.46. The van der Waals surface area contributed by atoms with E-state index in [2.05, 4.69) is 5.32 Å². The minimum Gasteiger partial charge on any atom is -0.497 e. The van der Waals surface area contributed by atoms with Crippen LogP contribution in [0.1, 0.15) is 37.8 Å². The Labute approximate surface area is 194 Å². The number of nitrogens with one attached hydrogen (secondary N) is 1. The highest BCUT2D eigenvalue weighted by Gasteiger charge is 2.44. The second-order valence-electron chi connectivity index (χ2n) is 9.01. The molecule has 0 aromatic heterocycles. The second-order valence-corrected chi connectivity index (χ2v) is 10.9. The quantitative estimate of drug-likeness (QED) is 0.698. The summed E-state index contributed by atoms with van der Waals surface area (Å²) in [6, 6.07) is 11.3. The normalized spacial score (nSPS) is 20.1. The highest BCUT2D eigenvalue weighted by atomic mass is 32.2. The van der Waals surface area contributed by atoms with Crippen LogP contribution in [0.25, 0.3) is 0 Å². The van der Waals surface area contributed by atoms with Gasteiger partial charge in [-0.05, 0) is 68.1 Å². The third-order valence-electron chi connectivity index (χ3n) is 6.56. The van der Waals surface area contributed by atoms with Gasteiger partial charge in [0.25, 0.3) is 0 Å². The summed E-state index contributed by atoms with van der Waals surface area (Å²) in [5.41, 5.74) is 1.44. The Morgan fingerprint density at radius 1 is 1.21 bits per heavy atom. The number of anilines is 1. The average molecular weight is 472 g/mol. The Morgan fingerprint density at radius 2 is 1.97 bits per heavy atom. The van der Waals surface area contributed by atoms with Crippen molar-refractivity contribution in [3.05, 3.63) is 53.6 Å². The molecular weight excluding hydrogens is 442 g/mol.